The number of hydrogen-bond acceptors (Lipinski definition) is 5. The Hall–Kier alpha value is -1.70. The fourth-order valence-corrected chi connectivity index (χ4v) is 1.26. The van der Waals surface area contributed by atoms with E-state index in [4.69, 9.17) is 11.6 Å². The van der Waals surface area contributed by atoms with Crippen LogP contribution >= 0.6 is 11.6 Å². The van der Waals surface area contributed by atoms with Crippen molar-refractivity contribution in [3.8, 4) is 11.5 Å². The van der Waals surface area contributed by atoms with Crippen LogP contribution in [0.25, 0.3) is 0 Å². The zero-order valence-corrected chi connectivity index (χ0v) is 9.67. The van der Waals surface area contributed by atoms with Gasteiger partial charge in [-0.1, -0.05) is 0 Å². The van der Waals surface area contributed by atoms with Crippen LogP contribution in [0.15, 0.2) is 6.07 Å². The maximum atomic E-state index is 12.1. The second-order valence-electron chi connectivity index (χ2n) is 2.97. The molecule has 100 valence electrons. The smallest absolute Gasteiger partial charge is 0.503 e. The van der Waals surface area contributed by atoms with Crippen molar-refractivity contribution in [1.29, 1.82) is 0 Å². The summed E-state index contributed by atoms with van der Waals surface area (Å²) in [4.78, 5) is 14.7. The Labute approximate surface area is 104 Å². The van der Waals surface area contributed by atoms with Crippen LogP contribution in [0.3, 0.4) is 0 Å². The molecule has 0 saturated heterocycles. The lowest BCUT2D eigenvalue weighted by molar-refractivity contribution is -0.275. The van der Waals surface area contributed by atoms with Crippen LogP contribution in [0.2, 0.25) is 0 Å². The molecule has 18 heavy (non-hydrogen) atoms. The van der Waals surface area contributed by atoms with Crippen molar-refractivity contribution in [1.82, 2.24) is 4.98 Å². The number of halogens is 4. The van der Waals surface area contributed by atoms with Crippen LogP contribution in [0.1, 0.15) is 16.2 Å². The molecule has 0 unspecified atom stereocenters. The lowest BCUT2D eigenvalue weighted by atomic mass is 10.2. The van der Waals surface area contributed by atoms with Gasteiger partial charge >= 0.3 is 12.3 Å². The van der Waals surface area contributed by atoms with Gasteiger partial charge in [-0.25, -0.2) is 9.78 Å². The third-order valence-electron chi connectivity index (χ3n) is 1.78. The number of methoxy groups -OCH3 is 1. The number of aromatic hydroxyl groups is 1. The molecular formula is C9H7ClF3NO4. The highest BCUT2D eigenvalue weighted by Crippen LogP contribution is 2.34. The average Bonchev–Trinajstić information content (AvgIpc) is 2.29. The molecule has 9 heteroatoms. The zero-order chi connectivity index (χ0) is 13.9. The van der Waals surface area contributed by atoms with E-state index in [9.17, 15) is 23.1 Å². The molecule has 0 spiro atoms. The molecule has 0 fully saturated rings. The average molecular weight is 286 g/mol. The van der Waals surface area contributed by atoms with Crippen molar-refractivity contribution in [2.45, 2.75) is 12.2 Å². The summed E-state index contributed by atoms with van der Waals surface area (Å²) in [6.45, 7) is 0. The molecular weight excluding hydrogens is 279 g/mol. The van der Waals surface area contributed by atoms with Gasteiger partial charge in [0.25, 0.3) is 0 Å². The lowest BCUT2D eigenvalue weighted by Crippen LogP contribution is -2.18. The van der Waals surface area contributed by atoms with Crippen molar-refractivity contribution in [3.63, 3.8) is 0 Å². The molecule has 0 aromatic carbocycles. The van der Waals surface area contributed by atoms with E-state index >= 15 is 0 Å². The number of hydrogen-bond donors (Lipinski definition) is 1. The van der Waals surface area contributed by atoms with Gasteiger partial charge in [-0.15, -0.1) is 24.8 Å². The van der Waals surface area contributed by atoms with Gasteiger partial charge in [0.2, 0.25) is 0 Å². The highest BCUT2D eigenvalue weighted by atomic mass is 35.5. The molecule has 0 atom stereocenters. The fourth-order valence-electron chi connectivity index (χ4n) is 1.07. The van der Waals surface area contributed by atoms with Crippen LogP contribution in [0.5, 0.6) is 11.5 Å². The minimum Gasteiger partial charge on any atom is -0.503 e. The number of pyridine rings is 1. The summed E-state index contributed by atoms with van der Waals surface area (Å²) >= 11 is 5.38. The predicted molar refractivity (Wildman–Crippen MR) is 53.5 cm³/mol. The number of nitrogens with zero attached hydrogens (tertiary/aromatic N) is 1. The van der Waals surface area contributed by atoms with Crippen molar-refractivity contribution in [2.75, 3.05) is 7.11 Å². The molecule has 0 aliphatic carbocycles. The van der Waals surface area contributed by atoms with Gasteiger partial charge in [-0.2, -0.15) is 0 Å². The predicted octanol–water partition coefficient (Wildman–Crippen LogP) is 2.21. The SMILES string of the molecule is COC(=O)c1cc(OC(F)(F)F)c(O)c(CCl)n1. The summed E-state index contributed by atoms with van der Waals surface area (Å²) in [6.07, 6.45) is -5.02. The Bertz CT molecular complexity index is 464. The highest BCUT2D eigenvalue weighted by molar-refractivity contribution is 6.17. The molecule has 0 aliphatic heterocycles. The first-order chi connectivity index (χ1) is 8.28. The number of aromatic nitrogens is 1. The molecule has 0 saturated carbocycles. The fraction of sp³-hybridized carbons (Fsp3) is 0.333. The maximum absolute atomic E-state index is 12.1. The molecule has 1 N–H and O–H groups in total. The molecule has 0 aliphatic rings. The largest absolute Gasteiger partial charge is 0.573 e. The molecule has 1 aromatic heterocycles. The van der Waals surface area contributed by atoms with E-state index in [1.807, 2.05) is 0 Å². The number of carbonyl (C=O) groups is 1. The molecule has 0 radical (unpaired) electrons. The van der Waals surface area contributed by atoms with Gasteiger partial charge in [0.05, 0.1) is 13.0 Å². The minimum absolute atomic E-state index is 0.321. The van der Waals surface area contributed by atoms with E-state index in [2.05, 4.69) is 14.5 Å². The number of esters is 1. The van der Waals surface area contributed by atoms with Gasteiger partial charge in [0.1, 0.15) is 5.69 Å². The van der Waals surface area contributed by atoms with E-state index < -0.39 is 35.4 Å². The molecule has 1 rings (SSSR count). The van der Waals surface area contributed by atoms with E-state index in [0.29, 0.717) is 6.07 Å². The Kier molecular flexibility index (Phi) is 4.23. The van der Waals surface area contributed by atoms with Crippen molar-refractivity contribution < 1.29 is 32.5 Å². The molecule has 1 aromatic rings. The monoisotopic (exact) mass is 285 g/mol. The first kappa shape index (κ1) is 14.4. The maximum Gasteiger partial charge on any atom is 0.573 e. The van der Waals surface area contributed by atoms with Crippen LogP contribution in [-0.2, 0) is 10.6 Å². The lowest BCUT2D eigenvalue weighted by Gasteiger charge is -2.12. The van der Waals surface area contributed by atoms with Gasteiger partial charge in [0.15, 0.2) is 17.2 Å². The van der Waals surface area contributed by atoms with Gasteiger partial charge in [0, 0.05) is 6.07 Å². The van der Waals surface area contributed by atoms with Crippen LogP contribution in [-0.4, -0.2) is 29.5 Å². The van der Waals surface area contributed by atoms with E-state index in [-0.39, 0.29) is 5.69 Å². The molecule has 0 amide bonds. The first-order valence-corrected chi connectivity index (χ1v) is 4.95. The zero-order valence-electron chi connectivity index (χ0n) is 8.92. The molecule has 5 nitrogen and oxygen atoms in total. The number of rotatable bonds is 3. The van der Waals surface area contributed by atoms with Crippen molar-refractivity contribution >= 4 is 17.6 Å². The Balaban J connectivity index is 3.27. The topological polar surface area (TPSA) is 68.7 Å². The Morgan fingerprint density at radius 3 is 2.61 bits per heavy atom. The van der Waals surface area contributed by atoms with Crippen molar-refractivity contribution in [3.05, 3.63) is 17.5 Å². The van der Waals surface area contributed by atoms with Gasteiger partial charge in [-0.3, -0.25) is 0 Å². The quantitative estimate of drug-likeness (QED) is 0.681. The molecule has 0 bridgehead atoms. The van der Waals surface area contributed by atoms with Crippen LogP contribution in [0, 0.1) is 0 Å². The first-order valence-electron chi connectivity index (χ1n) is 4.41. The summed E-state index contributed by atoms with van der Waals surface area (Å²) in [7, 11) is 1.03. The highest BCUT2D eigenvalue weighted by Gasteiger charge is 2.33. The number of alkyl halides is 4. The summed E-state index contributed by atoms with van der Waals surface area (Å²) in [5.74, 6) is -3.22. The third kappa shape index (κ3) is 3.39. The van der Waals surface area contributed by atoms with E-state index in [1.54, 1.807) is 0 Å². The summed E-state index contributed by atoms with van der Waals surface area (Å²) in [6, 6.07) is 0.616. The van der Waals surface area contributed by atoms with E-state index in [0.717, 1.165) is 7.11 Å². The normalized spacial score (nSPS) is 11.2. The summed E-state index contributed by atoms with van der Waals surface area (Å²) in [5, 5.41) is 9.41. The van der Waals surface area contributed by atoms with Gasteiger partial charge in [-0.05, 0) is 0 Å². The van der Waals surface area contributed by atoms with Crippen molar-refractivity contribution in [2.24, 2.45) is 0 Å². The van der Waals surface area contributed by atoms with Gasteiger partial charge < -0.3 is 14.6 Å². The summed E-state index contributed by atoms with van der Waals surface area (Å²) < 4.78 is 44.1. The van der Waals surface area contributed by atoms with Crippen LogP contribution < -0.4 is 4.74 Å². The second-order valence-corrected chi connectivity index (χ2v) is 3.24. The Morgan fingerprint density at radius 1 is 1.56 bits per heavy atom. The number of carbonyl (C=O) groups excluding carboxylic acids is 1. The molecule has 1 heterocycles. The Morgan fingerprint density at radius 2 is 2.17 bits per heavy atom. The number of ether oxygens (including phenoxy) is 2. The summed E-state index contributed by atoms with van der Waals surface area (Å²) in [5.41, 5.74) is -0.774. The standard InChI is InChI=1S/C9H7ClF3NO4/c1-17-8(16)4-2-6(18-9(11,12)13)7(15)5(3-10)14-4/h2,15H,3H2,1H3. The minimum atomic E-state index is -5.02. The second kappa shape index (κ2) is 5.30. The van der Waals surface area contributed by atoms with Crippen LogP contribution in [0.4, 0.5) is 13.2 Å². The van der Waals surface area contributed by atoms with E-state index in [1.165, 1.54) is 0 Å². The third-order valence-corrected chi connectivity index (χ3v) is 2.03.